The number of rotatable bonds is 3. The van der Waals surface area contributed by atoms with Crippen molar-refractivity contribution in [1.82, 2.24) is 0 Å². The highest BCUT2D eigenvalue weighted by Crippen LogP contribution is 2.29. The fraction of sp³-hybridized carbons (Fsp3) is 0.462. The van der Waals surface area contributed by atoms with E-state index in [2.05, 4.69) is 0 Å². The average molecular weight is 222 g/mol. The van der Waals surface area contributed by atoms with E-state index in [1.165, 1.54) is 12.1 Å². The second-order valence-electron chi connectivity index (χ2n) is 4.19. The van der Waals surface area contributed by atoms with Crippen LogP contribution in [-0.2, 0) is 9.53 Å². The smallest absolute Gasteiger partial charge is 0.127 e. The van der Waals surface area contributed by atoms with Gasteiger partial charge >= 0.3 is 0 Å². The Balaban J connectivity index is 2.17. The Morgan fingerprint density at radius 2 is 2.38 bits per heavy atom. The predicted molar refractivity (Wildman–Crippen MR) is 58.7 cm³/mol. The summed E-state index contributed by atoms with van der Waals surface area (Å²) in [4.78, 5) is 11.1. The Bertz CT molecular complexity index is 359. The monoisotopic (exact) mass is 222 g/mol. The number of benzene rings is 1. The second kappa shape index (κ2) is 5.21. The molecule has 0 aliphatic carbocycles. The molecule has 0 N–H and O–H groups in total. The van der Waals surface area contributed by atoms with E-state index in [4.69, 9.17) is 4.74 Å². The van der Waals surface area contributed by atoms with Crippen LogP contribution in [-0.4, -0.2) is 19.5 Å². The van der Waals surface area contributed by atoms with Crippen molar-refractivity contribution in [1.29, 1.82) is 0 Å². The maximum absolute atomic E-state index is 13.1. The van der Waals surface area contributed by atoms with Gasteiger partial charge < -0.3 is 9.53 Å². The summed E-state index contributed by atoms with van der Waals surface area (Å²) < 4.78 is 18.4. The Morgan fingerprint density at radius 3 is 3.00 bits per heavy atom. The topological polar surface area (TPSA) is 26.3 Å². The van der Waals surface area contributed by atoms with Crippen LogP contribution in [0.2, 0.25) is 0 Å². The zero-order valence-corrected chi connectivity index (χ0v) is 9.06. The lowest BCUT2D eigenvalue weighted by Gasteiger charge is -2.27. The van der Waals surface area contributed by atoms with Gasteiger partial charge in [-0.2, -0.15) is 0 Å². The molecule has 0 spiro atoms. The van der Waals surface area contributed by atoms with Crippen molar-refractivity contribution in [3.05, 3.63) is 35.6 Å². The van der Waals surface area contributed by atoms with Crippen LogP contribution in [0.15, 0.2) is 24.3 Å². The van der Waals surface area contributed by atoms with Gasteiger partial charge in [0.1, 0.15) is 12.1 Å². The molecule has 0 aromatic heterocycles. The number of halogens is 1. The van der Waals surface area contributed by atoms with E-state index in [1.807, 2.05) is 0 Å². The van der Waals surface area contributed by atoms with E-state index in [-0.39, 0.29) is 17.7 Å². The molecule has 2 rings (SSSR count). The fourth-order valence-electron chi connectivity index (χ4n) is 2.22. The third-order valence-electron chi connectivity index (χ3n) is 3.08. The van der Waals surface area contributed by atoms with E-state index >= 15 is 0 Å². The van der Waals surface area contributed by atoms with Crippen molar-refractivity contribution in [3.8, 4) is 0 Å². The highest BCUT2D eigenvalue weighted by Gasteiger charge is 2.25. The quantitative estimate of drug-likeness (QED) is 0.734. The molecule has 3 heteroatoms. The standard InChI is InChI=1S/C13H15FO2/c14-12-5-1-3-10(7-12)13(8-15)11-4-2-6-16-9-11/h1,3,5,7-8,11,13H,2,4,6,9H2. The molecule has 1 saturated heterocycles. The van der Waals surface area contributed by atoms with Gasteiger partial charge in [0.25, 0.3) is 0 Å². The van der Waals surface area contributed by atoms with Crippen molar-refractivity contribution in [2.24, 2.45) is 5.92 Å². The first-order chi connectivity index (χ1) is 7.81. The Kier molecular flexibility index (Phi) is 3.67. The van der Waals surface area contributed by atoms with Crippen LogP contribution < -0.4 is 0 Å². The first-order valence-electron chi connectivity index (χ1n) is 5.60. The molecule has 1 aliphatic heterocycles. The first-order valence-corrected chi connectivity index (χ1v) is 5.60. The SMILES string of the molecule is O=CC(c1cccc(F)c1)C1CCCOC1. The van der Waals surface area contributed by atoms with Crippen LogP contribution in [0.4, 0.5) is 4.39 Å². The van der Waals surface area contributed by atoms with E-state index in [0.29, 0.717) is 6.61 Å². The molecule has 1 aromatic rings. The zero-order chi connectivity index (χ0) is 11.4. The van der Waals surface area contributed by atoms with Crippen molar-refractivity contribution >= 4 is 6.29 Å². The van der Waals surface area contributed by atoms with E-state index < -0.39 is 0 Å². The minimum Gasteiger partial charge on any atom is -0.381 e. The summed E-state index contributed by atoms with van der Waals surface area (Å²) in [6.07, 6.45) is 2.86. The van der Waals surface area contributed by atoms with Crippen LogP contribution in [0.25, 0.3) is 0 Å². The van der Waals surface area contributed by atoms with E-state index in [0.717, 1.165) is 31.3 Å². The summed E-state index contributed by atoms with van der Waals surface area (Å²) in [6, 6.07) is 6.28. The molecule has 0 radical (unpaired) electrons. The molecule has 1 heterocycles. The fourth-order valence-corrected chi connectivity index (χ4v) is 2.22. The molecule has 2 unspecified atom stereocenters. The van der Waals surface area contributed by atoms with Crippen LogP contribution >= 0.6 is 0 Å². The van der Waals surface area contributed by atoms with Crippen LogP contribution in [0.1, 0.15) is 24.3 Å². The van der Waals surface area contributed by atoms with Crippen molar-refractivity contribution in [3.63, 3.8) is 0 Å². The second-order valence-corrected chi connectivity index (χ2v) is 4.19. The van der Waals surface area contributed by atoms with Gasteiger partial charge in [-0.25, -0.2) is 4.39 Å². The average Bonchev–Trinajstić information content (AvgIpc) is 2.31. The lowest BCUT2D eigenvalue weighted by molar-refractivity contribution is -0.111. The van der Waals surface area contributed by atoms with Crippen molar-refractivity contribution in [2.75, 3.05) is 13.2 Å². The molecular weight excluding hydrogens is 207 g/mol. The molecule has 86 valence electrons. The van der Waals surface area contributed by atoms with Crippen molar-refractivity contribution in [2.45, 2.75) is 18.8 Å². The number of hydrogen-bond donors (Lipinski definition) is 0. The normalized spacial score (nSPS) is 22.7. The molecule has 2 nitrogen and oxygen atoms in total. The highest BCUT2D eigenvalue weighted by molar-refractivity contribution is 5.62. The van der Waals surface area contributed by atoms with Gasteiger partial charge in [0.15, 0.2) is 0 Å². The Hall–Kier alpha value is -1.22. The lowest BCUT2D eigenvalue weighted by Crippen LogP contribution is -2.24. The van der Waals surface area contributed by atoms with E-state index in [9.17, 15) is 9.18 Å². The maximum atomic E-state index is 13.1. The summed E-state index contributed by atoms with van der Waals surface area (Å²) in [6.45, 7) is 1.37. The molecule has 1 aliphatic rings. The molecule has 1 fully saturated rings. The van der Waals surface area contributed by atoms with Crippen LogP contribution in [0.3, 0.4) is 0 Å². The minimum absolute atomic E-state index is 0.188. The largest absolute Gasteiger partial charge is 0.381 e. The summed E-state index contributed by atoms with van der Waals surface area (Å²) >= 11 is 0. The molecule has 0 bridgehead atoms. The molecule has 0 amide bonds. The summed E-state index contributed by atoms with van der Waals surface area (Å²) in [5.41, 5.74) is 0.755. The minimum atomic E-state index is -0.291. The molecule has 16 heavy (non-hydrogen) atoms. The molecule has 2 atom stereocenters. The Labute approximate surface area is 94.4 Å². The number of ether oxygens (including phenoxy) is 1. The van der Waals surface area contributed by atoms with Crippen LogP contribution in [0.5, 0.6) is 0 Å². The number of hydrogen-bond acceptors (Lipinski definition) is 2. The van der Waals surface area contributed by atoms with Gasteiger partial charge in [0, 0.05) is 12.5 Å². The third-order valence-corrected chi connectivity index (χ3v) is 3.08. The molecule has 1 aromatic carbocycles. The van der Waals surface area contributed by atoms with Gasteiger partial charge in [0.2, 0.25) is 0 Å². The first kappa shape index (κ1) is 11.3. The maximum Gasteiger partial charge on any atom is 0.127 e. The molecular formula is C13H15FO2. The van der Waals surface area contributed by atoms with Gasteiger partial charge in [-0.15, -0.1) is 0 Å². The van der Waals surface area contributed by atoms with E-state index in [1.54, 1.807) is 12.1 Å². The zero-order valence-electron chi connectivity index (χ0n) is 9.06. The van der Waals surface area contributed by atoms with Gasteiger partial charge in [-0.3, -0.25) is 0 Å². The summed E-state index contributed by atoms with van der Waals surface area (Å²) in [5.74, 6) is -0.342. The van der Waals surface area contributed by atoms with Gasteiger partial charge in [-0.1, -0.05) is 12.1 Å². The van der Waals surface area contributed by atoms with Gasteiger partial charge in [-0.05, 0) is 36.5 Å². The van der Waals surface area contributed by atoms with Gasteiger partial charge in [0.05, 0.1) is 6.61 Å². The predicted octanol–water partition coefficient (Wildman–Crippen LogP) is 2.53. The molecule has 0 saturated carbocycles. The number of carbonyl (C=O) groups excluding carboxylic acids is 1. The highest BCUT2D eigenvalue weighted by atomic mass is 19.1. The number of aldehydes is 1. The summed E-state index contributed by atoms with van der Waals surface area (Å²) in [5, 5.41) is 0. The van der Waals surface area contributed by atoms with Crippen molar-refractivity contribution < 1.29 is 13.9 Å². The Morgan fingerprint density at radius 1 is 1.50 bits per heavy atom. The lowest BCUT2D eigenvalue weighted by atomic mass is 9.84. The third kappa shape index (κ3) is 2.47. The number of carbonyl (C=O) groups is 1. The van der Waals surface area contributed by atoms with Crippen LogP contribution in [0, 0.1) is 11.7 Å². The summed E-state index contributed by atoms with van der Waals surface area (Å²) in [7, 11) is 0.